The largest absolute Gasteiger partial charge is 0.380 e. The minimum Gasteiger partial charge on any atom is -0.380 e. The molecule has 2 rings (SSSR count). The van der Waals surface area contributed by atoms with E-state index < -0.39 is 10.0 Å². The Hall–Kier alpha value is -0.700. The van der Waals surface area contributed by atoms with Gasteiger partial charge in [-0.1, -0.05) is 6.92 Å². The van der Waals surface area contributed by atoms with Crippen molar-refractivity contribution in [2.45, 2.75) is 30.7 Å². The number of ether oxygens (including phenoxy) is 1. The summed E-state index contributed by atoms with van der Waals surface area (Å²) < 4.78 is 33.4. The molecule has 1 saturated heterocycles. The first kappa shape index (κ1) is 15.7. The molecule has 0 radical (unpaired) electrons. The molecule has 1 atom stereocenters. The molecular formula is C12H18BrN3O3S. The summed E-state index contributed by atoms with van der Waals surface area (Å²) in [7, 11) is -3.61. The van der Waals surface area contributed by atoms with Crippen molar-refractivity contribution in [3.63, 3.8) is 0 Å². The molecule has 0 aromatic carbocycles. The molecule has 1 aromatic rings. The topological polar surface area (TPSA) is 80.3 Å². The predicted octanol–water partition coefficient (Wildman–Crippen LogP) is 1.73. The Morgan fingerprint density at radius 1 is 1.55 bits per heavy atom. The van der Waals surface area contributed by atoms with E-state index in [-0.39, 0.29) is 10.9 Å². The molecule has 0 amide bonds. The Bertz CT molecular complexity index is 559. The van der Waals surface area contributed by atoms with Crippen LogP contribution in [0, 0.1) is 0 Å². The molecule has 112 valence electrons. The third-order valence-electron chi connectivity index (χ3n) is 2.90. The van der Waals surface area contributed by atoms with E-state index in [2.05, 4.69) is 31.0 Å². The van der Waals surface area contributed by atoms with Crippen LogP contribution in [0.25, 0.3) is 0 Å². The zero-order valence-electron chi connectivity index (χ0n) is 11.2. The first-order valence-electron chi connectivity index (χ1n) is 6.52. The molecule has 0 spiro atoms. The van der Waals surface area contributed by atoms with Crippen molar-refractivity contribution in [3.8, 4) is 0 Å². The van der Waals surface area contributed by atoms with Gasteiger partial charge in [-0.3, -0.25) is 0 Å². The van der Waals surface area contributed by atoms with Gasteiger partial charge < -0.3 is 10.1 Å². The minimum atomic E-state index is -3.61. The highest BCUT2D eigenvalue weighted by Gasteiger charge is 2.26. The average Bonchev–Trinajstić information content (AvgIpc) is 2.89. The second-order valence-corrected chi connectivity index (χ2v) is 7.21. The Labute approximate surface area is 127 Å². The van der Waals surface area contributed by atoms with E-state index in [1.807, 2.05) is 6.92 Å². The van der Waals surface area contributed by atoms with Crippen molar-refractivity contribution in [3.05, 3.63) is 16.7 Å². The zero-order valence-corrected chi connectivity index (χ0v) is 13.6. The molecule has 8 heteroatoms. The fourth-order valence-electron chi connectivity index (χ4n) is 1.91. The molecule has 0 aliphatic carbocycles. The summed E-state index contributed by atoms with van der Waals surface area (Å²) in [6.07, 6.45) is 3.16. The highest BCUT2D eigenvalue weighted by atomic mass is 79.9. The van der Waals surface area contributed by atoms with Crippen LogP contribution in [0.1, 0.15) is 19.8 Å². The van der Waals surface area contributed by atoms with Gasteiger partial charge in [-0.05, 0) is 34.8 Å². The lowest BCUT2D eigenvalue weighted by Gasteiger charge is -2.15. The second kappa shape index (κ2) is 6.84. The normalized spacial score (nSPS) is 19.2. The van der Waals surface area contributed by atoms with Crippen LogP contribution in [0.2, 0.25) is 0 Å². The van der Waals surface area contributed by atoms with Crippen molar-refractivity contribution in [2.24, 2.45) is 0 Å². The summed E-state index contributed by atoms with van der Waals surface area (Å²) in [4.78, 5) is 4.31. The maximum absolute atomic E-state index is 12.5. The lowest BCUT2D eigenvalue weighted by atomic mass is 10.3. The van der Waals surface area contributed by atoms with E-state index in [4.69, 9.17) is 4.74 Å². The molecule has 20 heavy (non-hydrogen) atoms. The van der Waals surface area contributed by atoms with Crippen LogP contribution in [-0.4, -0.2) is 39.2 Å². The molecule has 0 saturated carbocycles. The predicted molar refractivity (Wildman–Crippen MR) is 80.3 cm³/mol. The van der Waals surface area contributed by atoms with Gasteiger partial charge in [-0.2, -0.15) is 0 Å². The van der Waals surface area contributed by atoms with Crippen molar-refractivity contribution in [2.75, 3.05) is 25.1 Å². The average molecular weight is 364 g/mol. The summed E-state index contributed by atoms with van der Waals surface area (Å²) in [5.74, 6) is 0.376. The summed E-state index contributed by atoms with van der Waals surface area (Å²) in [6, 6.07) is 1.39. The van der Waals surface area contributed by atoms with Crippen LogP contribution in [-0.2, 0) is 14.8 Å². The van der Waals surface area contributed by atoms with Crippen molar-refractivity contribution >= 4 is 31.8 Å². The van der Waals surface area contributed by atoms with Gasteiger partial charge in [-0.15, -0.1) is 0 Å². The number of aromatic nitrogens is 1. The quantitative estimate of drug-likeness (QED) is 0.804. The maximum Gasteiger partial charge on any atom is 0.244 e. The highest BCUT2D eigenvalue weighted by molar-refractivity contribution is 9.10. The van der Waals surface area contributed by atoms with Gasteiger partial charge in [0.05, 0.1) is 6.61 Å². The molecule has 0 bridgehead atoms. The number of rotatable bonds is 6. The number of nitrogens with one attached hydrogen (secondary N) is 2. The number of halogens is 1. The van der Waals surface area contributed by atoms with Crippen LogP contribution < -0.4 is 10.0 Å². The van der Waals surface area contributed by atoms with Gasteiger partial charge in [-0.25, -0.2) is 18.1 Å². The Kier molecular flexibility index (Phi) is 5.36. The minimum absolute atomic E-state index is 0.159. The fourth-order valence-corrected chi connectivity index (χ4v) is 3.81. The van der Waals surface area contributed by atoms with Crippen molar-refractivity contribution in [1.29, 1.82) is 0 Å². The van der Waals surface area contributed by atoms with Gasteiger partial charge in [0, 0.05) is 29.9 Å². The number of hydrogen-bond donors (Lipinski definition) is 2. The fraction of sp³-hybridized carbons (Fsp3) is 0.583. The third kappa shape index (κ3) is 3.91. The van der Waals surface area contributed by atoms with Crippen LogP contribution in [0.15, 0.2) is 21.6 Å². The summed E-state index contributed by atoms with van der Waals surface area (Å²) >= 11 is 3.26. The number of anilines is 1. The Morgan fingerprint density at radius 3 is 3.00 bits per heavy atom. The monoisotopic (exact) mass is 363 g/mol. The van der Waals surface area contributed by atoms with Gasteiger partial charge >= 0.3 is 0 Å². The van der Waals surface area contributed by atoms with E-state index in [1.54, 1.807) is 12.3 Å². The van der Waals surface area contributed by atoms with Gasteiger partial charge in [0.2, 0.25) is 10.0 Å². The van der Waals surface area contributed by atoms with Crippen LogP contribution in [0.5, 0.6) is 0 Å². The third-order valence-corrected chi connectivity index (χ3v) is 4.87. The van der Waals surface area contributed by atoms with Crippen molar-refractivity contribution in [1.82, 2.24) is 9.71 Å². The van der Waals surface area contributed by atoms with Crippen LogP contribution in [0.3, 0.4) is 0 Å². The van der Waals surface area contributed by atoms with E-state index in [1.165, 1.54) is 0 Å². The highest BCUT2D eigenvalue weighted by Crippen LogP contribution is 2.23. The van der Waals surface area contributed by atoms with Gasteiger partial charge in [0.15, 0.2) is 0 Å². The molecule has 1 aromatic heterocycles. The smallest absolute Gasteiger partial charge is 0.244 e. The number of pyridine rings is 1. The molecular weight excluding hydrogens is 346 g/mol. The van der Waals surface area contributed by atoms with E-state index >= 15 is 0 Å². The standard InChI is InChI=1S/C12H18BrN3O3S/c1-2-4-14-12-11(6-9(13)7-15-12)20(17,18)16-10-3-5-19-8-10/h6-7,10,16H,2-5,8H2,1H3,(H,14,15). The second-order valence-electron chi connectivity index (χ2n) is 4.61. The zero-order chi connectivity index (χ0) is 14.6. The summed E-state index contributed by atoms with van der Waals surface area (Å²) in [5, 5.41) is 3.04. The Morgan fingerprint density at radius 2 is 2.35 bits per heavy atom. The lowest BCUT2D eigenvalue weighted by Crippen LogP contribution is -2.35. The first-order valence-corrected chi connectivity index (χ1v) is 8.80. The van der Waals surface area contributed by atoms with E-state index in [0.29, 0.717) is 36.5 Å². The molecule has 1 aliphatic rings. The summed E-state index contributed by atoms with van der Waals surface area (Å²) in [5.41, 5.74) is 0. The molecule has 2 N–H and O–H groups in total. The molecule has 1 aliphatic heterocycles. The first-order chi connectivity index (χ1) is 9.53. The SMILES string of the molecule is CCCNc1ncc(Br)cc1S(=O)(=O)NC1CCOC1. The van der Waals surface area contributed by atoms with Gasteiger partial charge in [0.25, 0.3) is 0 Å². The number of sulfonamides is 1. The lowest BCUT2D eigenvalue weighted by molar-refractivity contribution is 0.192. The molecule has 2 heterocycles. The van der Waals surface area contributed by atoms with Crippen LogP contribution >= 0.6 is 15.9 Å². The van der Waals surface area contributed by atoms with E-state index in [0.717, 1.165) is 6.42 Å². The van der Waals surface area contributed by atoms with Crippen molar-refractivity contribution < 1.29 is 13.2 Å². The maximum atomic E-state index is 12.5. The number of nitrogens with zero attached hydrogens (tertiary/aromatic N) is 1. The molecule has 1 unspecified atom stereocenters. The van der Waals surface area contributed by atoms with Crippen LogP contribution in [0.4, 0.5) is 5.82 Å². The summed E-state index contributed by atoms with van der Waals surface area (Å²) in [6.45, 7) is 3.68. The molecule has 6 nitrogen and oxygen atoms in total. The number of hydrogen-bond acceptors (Lipinski definition) is 5. The van der Waals surface area contributed by atoms with E-state index in [9.17, 15) is 8.42 Å². The van der Waals surface area contributed by atoms with Gasteiger partial charge in [0.1, 0.15) is 10.7 Å². The Balaban J connectivity index is 2.26. The molecule has 1 fully saturated rings.